The summed E-state index contributed by atoms with van der Waals surface area (Å²) in [7, 11) is -3.30. The molecule has 0 saturated heterocycles. The molecule has 0 aliphatic rings. The Morgan fingerprint density at radius 1 is 0.591 bits per heavy atom. The van der Waals surface area contributed by atoms with E-state index in [4.69, 9.17) is 8.85 Å². The van der Waals surface area contributed by atoms with Gasteiger partial charge in [0.25, 0.3) is 0 Å². The minimum absolute atomic E-state index is 0.911. The molecule has 0 N–H and O–H groups in total. The highest BCUT2D eigenvalue weighted by Gasteiger charge is 2.20. The average Bonchev–Trinajstić information content (AvgIpc) is 2.35. The van der Waals surface area contributed by atoms with E-state index in [1.807, 2.05) is 12.1 Å². The van der Waals surface area contributed by atoms with Gasteiger partial charge in [-0.3, -0.25) is 0 Å². The molecule has 2 nitrogen and oxygen atoms in total. The van der Waals surface area contributed by atoms with Crippen molar-refractivity contribution in [1.29, 1.82) is 0 Å². The second-order valence-electron chi connectivity index (χ2n) is 7.49. The van der Waals surface area contributed by atoms with Crippen LogP contribution < -0.4 is 8.85 Å². The normalized spacial score (nSPS) is 12.1. The lowest BCUT2D eigenvalue weighted by Gasteiger charge is -2.23. The van der Waals surface area contributed by atoms with Crippen molar-refractivity contribution < 1.29 is 8.85 Å². The zero-order chi connectivity index (χ0) is 16.4. The summed E-state index contributed by atoms with van der Waals surface area (Å²) in [6.07, 6.45) is 0. The van der Waals surface area contributed by atoms with E-state index in [1.54, 1.807) is 0 Å². The molecule has 0 saturated carbocycles. The Hall–Kier alpha value is -1.53. The molecule has 0 aliphatic heterocycles. The monoisotopic (exact) mass is 330 g/mol. The quantitative estimate of drug-likeness (QED) is 0.647. The van der Waals surface area contributed by atoms with Gasteiger partial charge in [-0.1, -0.05) is 30.3 Å². The van der Waals surface area contributed by atoms with Crippen LogP contribution in [0, 0.1) is 0 Å². The first kappa shape index (κ1) is 16.8. The minimum Gasteiger partial charge on any atom is -0.544 e. The topological polar surface area (TPSA) is 18.5 Å². The van der Waals surface area contributed by atoms with E-state index in [1.165, 1.54) is 5.56 Å². The molecule has 2 rings (SSSR count). The molecule has 2 aromatic carbocycles. The standard InChI is InChI=1S/C18H26O2Si2/c1-21(2,3)19-17-12-16(15-10-8-7-9-11-15)13-18(14-17)20-22(4,5)6/h7-14H,1-6H3. The lowest BCUT2D eigenvalue weighted by atomic mass is 10.1. The maximum Gasteiger partial charge on any atom is 0.242 e. The number of hydrogen-bond donors (Lipinski definition) is 0. The summed E-state index contributed by atoms with van der Waals surface area (Å²) in [4.78, 5) is 0. The van der Waals surface area contributed by atoms with Gasteiger partial charge in [0, 0.05) is 6.07 Å². The third-order valence-electron chi connectivity index (χ3n) is 2.84. The summed E-state index contributed by atoms with van der Waals surface area (Å²) in [5.41, 5.74) is 2.33. The number of benzene rings is 2. The summed E-state index contributed by atoms with van der Waals surface area (Å²) in [6, 6.07) is 16.6. The van der Waals surface area contributed by atoms with Gasteiger partial charge < -0.3 is 8.85 Å². The van der Waals surface area contributed by atoms with E-state index in [9.17, 15) is 0 Å². The van der Waals surface area contributed by atoms with Crippen molar-refractivity contribution in [3.63, 3.8) is 0 Å². The summed E-state index contributed by atoms with van der Waals surface area (Å²) in [5.74, 6) is 1.82. The SMILES string of the molecule is C[Si](C)(C)Oc1cc(O[Si](C)(C)C)cc(-c2ccccc2)c1. The van der Waals surface area contributed by atoms with Gasteiger partial charge in [-0.2, -0.15) is 0 Å². The van der Waals surface area contributed by atoms with Crippen LogP contribution in [0.3, 0.4) is 0 Å². The van der Waals surface area contributed by atoms with E-state index >= 15 is 0 Å². The van der Waals surface area contributed by atoms with Crippen molar-refractivity contribution in [2.75, 3.05) is 0 Å². The van der Waals surface area contributed by atoms with Crippen molar-refractivity contribution >= 4 is 16.6 Å². The van der Waals surface area contributed by atoms with Crippen molar-refractivity contribution in [3.8, 4) is 22.6 Å². The summed E-state index contributed by atoms with van der Waals surface area (Å²) < 4.78 is 12.4. The second-order valence-corrected chi connectivity index (χ2v) is 16.3. The Labute approximate surface area is 136 Å². The maximum absolute atomic E-state index is 6.19. The lowest BCUT2D eigenvalue weighted by Crippen LogP contribution is -2.30. The molecule has 0 atom stereocenters. The van der Waals surface area contributed by atoms with E-state index in [2.05, 4.69) is 75.7 Å². The summed E-state index contributed by atoms with van der Waals surface area (Å²) in [6.45, 7) is 13.2. The van der Waals surface area contributed by atoms with Gasteiger partial charge in [-0.25, -0.2) is 0 Å². The molecule has 0 amide bonds. The minimum atomic E-state index is -1.65. The van der Waals surface area contributed by atoms with Crippen LogP contribution in [0.1, 0.15) is 0 Å². The van der Waals surface area contributed by atoms with Crippen molar-refractivity contribution in [2.24, 2.45) is 0 Å². The van der Waals surface area contributed by atoms with Crippen LogP contribution in [-0.2, 0) is 0 Å². The largest absolute Gasteiger partial charge is 0.544 e. The molecule has 22 heavy (non-hydrogen) atoms. The zero-order valence-corrected chi connectivity index (χ0v) is 16.4. The molecule has 118 valence electrons. The van der Waals surface area contributed by atoms with Crippen LogP contribution in [0.15, 0.2) is 48.5 Å². The smallest absolute Gasteiger partial charge is 0.242 e. The van der Waals surface area contributed by atoms with Crippen LogP contribution in [0.25, 0.3) is 11.1 Å². The first-order chi connectivity index (χ1) is 10.1. The van der Waals surface area contributed by atoms with Crippen LogP contribution in [0.5, 0.6) is 11.5 Å². The third kappa shape index (κ3) is 5.35. The molecule has 0 bridgehead atoms. The first-order valence-corrected chi connectivity index (χ1v) is 14.5. The molecule has 0 fully saturated rings. The van der Waals surface area contributed by atoms with E-state index in [-0.39, 0.29) is 0 Å². The van der Waals surface area contributed by atoms with Crippen LogP contribution >= 0.6 is 0 Å². The molecule has 4 heteroatoms. The van der Waals surface area contributed by atoms with E-state index in [0.717, 1.165) is 17.1 Å². The fourth-order valence-electron chi connectivity index (χ4n) is 2.19. The highest BCUT2D eigenvalue weighted by Crippen LogP contribution is 2.32. The number of hydrogen-bond acceptors (Lipinski definition) is 2. The van der Waals surface area contributed by atoms with Crippen LogP contribution in [-0.4, -0.2) is 16.6 Å². The molecule has 0 aliphatic carbocycles. The van der Waals surface area contributed by atoms with Gasteiger partial charge in [0.05, 0.1) is 0 Å². The van der Waals surface area contributed by atoms with Gasteiger partial charge in [-0.05, 0) is 62.5 Å². The Balaban J connectivity index is 2.44. The lowest BCUT2D eigenvalue weighted by molar-refractivity contribution is 0.533. The third-order valence-corrected chi connectivity index (χ3v) is 4.53. The summed E-state index contributed by atoms with van der Waals surface area (Å²) >= 11 is 0. The van der Waals surface area contributed by atoms with E-state index < -0.39 is 16.6 Å². The Morgan fingerprint density at radius 3 is 1.45 bits per heavy atom. The predicted molar refractivity (Wildman–Crippen MR) is 99.8 cm³/mol. The maximum atomic E-state index is 6.19. The van der Waals surface area contributed by atoms with Gasteiger partial charge >= 0.3 is 0 Å². The second kappa shape index (κ2) is 6.30. The highest BCUT2D eigenvalue weighted by molar-refractivity contribution is 6.70. The van der Waals surface area contributed by atoms with E-state index in [0.29, 0.717) is 0 Å². The Kier molecular flexibility index (Phi) is 4.82. The average molecular weight is 331 g/mol. The summed E-state index contributed by atoms with van der Waals surface area (Å²) in [5, 5.41) is 0. The van der Waals surface area contributed by atoms with Gasteiger partial charge in [0.15, 0.2) is 0 Å². The van der Waals surface area contributed by atoms with Crippen molar-refractivity contribution in [1.82, 2.24) is 0 Å². The number of rotatable bonds is 5. The molecule has 0 heterocycles. The zero-order valence-electron chi connectivity index (χ0n) is 14.4. The Morgan fingerprint density at radius 2 is 1.05 bits per heavy atom. The Bertz CT molecular complexity index is 592. The molecule has 0 spiro atoms. The molecular formula is C18H26O2Si2. The predicted octanol–water partition coefficient (Wildman–Crippen LogP) is 5.78. The fourth-order valence-corrected chi connectivity index (χ4v) is 3.84. The highest BCUT2D eigenvalue weighted by atomic mass is 28.4. The molecule has 0 aromatic heterocycles. The molecular weight excluding hydrogens is 304 g/mol. The van der Waals surface area contributed by atoms with Gasteiger partial charge in [-0.15, -0.1) is 0 Å². The van der Waals surface area contributed by atoms with Gasteiger partial charge in [0.2, 0.25) is 16.6 Å². The van der Waals surface area contributed by atoms with Crippen LogP contribution in [0.4, 0.5) is 0 Å². The van der Waals surface area contributed by atoms with Crippen molar-refractivity contribution in [3.05, 3.63) is 48.5 Å². The molecule has 0 unspecified atom stereocenters. The first-order valence-electron chi connectivity index (χ1n) is 7.71. The molecule has 2 aromatic rings. The van der Waals surface area contributed by atoms with Crippen LogP contribution in [0.2, 0.25) is 39.3 Å². The fraction of sp³-hybridized carbons (Fsp3) is 0.333. The molecule has 0 radical (unpaired) electrons. The van der Waals surface area contributed by atoms with Crippen molar-refractivity contribution in [2.45, 2.75) is 39.3 Å². The van der Waals surface area contributed by atoms with Gasteiger partial charge in [0.1, 0.15) is 11.5 Å².